The van der Waals surface area contributed by atoms with E-state index < -0.39 is 5.60 Å². The summed E-state index contributed by atoms with van der Waals surface area (Å²) in [6.07, 6.45) is 1.47. The van der Waals surface area contributed by atoms with Crippen LogP contribution in [0.3, 0.4) is 0 Å². The van der Waals surface area contributed by atoms with Gasteiger partial charge in [-0.1, -0.05) is 60.7 Å². The fourth-order valence-corrected chi connectivity index (χ4v) is 3.73. The Hall–Kier alpha value is -2.39. The predicted octanol–water partition coefficient (Wildman–Crippen LogP) is 4.66. The van der Waals surface area contributed by atoms with Gasteiger partial charge in [0, 0.05) is 28.8 Å². The Morgan fingerprint density at radius 1 is 1.08 bits per heavy atom. The molecule has 0 saturated carbocycles. The lowest BCUT2D eigenvalue weighted by molar-refractivity contribution is 0.0299. The Morgan fingerprint density at radius 3 is 2.23 bits per heavy atom. The third kappa shape index (κ3) is 3.88. The number of hydrogen-bond donors (Lipinski definition) is 2. The molecule has 3 nitrogen and oxygen atoms in total. The van der Waals surface area contributed by atoms with Crippen molar-refractivity contribution in [3.63, 3.8) is 0 Å². The first-order valence-corrected chi connectivity index (χ1v) is 9.24. The molecule has 2 aromatic carbocycles. The van der Waals surface area contributed by atoms with E-state index in [2.05, 4.69) is 24.4 Å². The molecule has 136 valence electrons. The minimum absolute atomic E-state index is 0.0557. The van der Waals surface area contributed by atoms with Crippen LogP contribution in [0.1, 0.15) is 55.6 Å². The van der Waals surface area contributed by atoms with Crippen LogP contribution >= 0.6 is 0 Å². The van der Waals surface area contributed by atoms with E-state index in [0.29, 0.717) is 12.0 Å². The molecule has 2 N–H and O–H groups in total. The number of allylic oxidation sites excluding steroid dienone is 1. The molecule has 2 atom stereocenters. The lowest BCUT2D eigenvalue weighted by atomic mass is 9.87. The molecule has 1 aliphatic carbocycles. The highest BCUT2D eigenvalue weighted by atomic mass is 16.3. The minimum Gasteiger partial charge on any atom is -0.390 e. The third-order valence-electron chi connectivity index (χ3n) is 5.19. The molecule has 3 rings (SSSR count). The van der Waals surface area contributed by atoms with Gasteiger partial charge < -0.3 is 10.4 Å². The lowest BCUT2D eigenvalue weighted by Gasteiger charge is -2.31. The normalized spacial score (nSPS) is 18.7. The van der Waals surface area contributed by atoms with Crippen LogP contribution in [0.25, 0.3) is 0 Å². The fraction of sp³-hybridized carbons (Fsp3) is 0.348. The van der Waals surface area contributed by atoms with Crippen molar-refractivity contribution in [2.24, 2.45) is 5.92 Å². The van der Waals surface area contributed by atoms with Crippen LogP contribution in [0.2, 0.25) is 0 Å². The van der Waals surface area contributed by atoms with E-state index in [1.807, 2.05) is 62.4 Å². The van der Waals surface area contributed by atoms with Crippen LogP contribution in [0.15, 0.2) is 71.9 Å². The van der Waals surface area contributed by atoms with E-state index in [-0.39, 0.29) is 17.7 Å². The minimum atomic E-state index is -0.878. The molecule has 0 saturated heterocycles. The highest BCUT2D eigenvalue weighted by Crippen LogP contribution is 2.39. The average Bonchev–Trinajstić information content (AvgIpc) is 3.06. The van der Waals surface area contributed by atoms with Crippen molar-refractivity contribution in [3.8, 4) is 0 Å². The van der Waals surface area contributed by atoms with E-state index in [1.54, 1.807) is 0 Å². The first-order valence-electron chi connectivity index (χ1n) is 9.24. The summed E-state index contributed by atoms with van der Waals surface area (Å²) in [6, 6.07) is 19.6. The Morgan fingerprint density at radius 2 is 1.65 bits per heavy atom. The van der Waals surface area contributed by atoms with E-state index >= 15 is 0 Å². The SMILES string of the molecule is C[C@@H](NC1=C(C(=O)c2ccccc2)CC[C@@H]1C(C)(C)O)c1ccccc1. The largest absolute Gasteiger partial charge is 0.390 e. The first kappa shape index (κ1) is 18.4. The lowest BCUT2D eigenvalue weighted by Crippen LogP contribution is -2.36. The zero-order chi connectivity index (χ0) is 18.7. The number of benzene rings is 2. The molecule has 1 aliphatic rings. The van der Waals surface area contributed by atoms with Gasteiger partial charge in [-0.05, 0) is 39.2 Å². The van der Waals surface area contributed by atoms with Crippen molar-refractivity contribution in [1.82, 2.24) is 5.32 Å². The number of carbonyl (C=O) groups excluding carboxylic acids is 1. The molecule has 0 aliphatic heterocycles. The van der Waals surface area contributed by atoms with Gasteiger partial charge in [0.05, 0.1) is 5.60 Å². The molecule has 0 bridgehead atoms. The molecule has 0 fully saturated rings. The van der Waals surface area contributed by atoms with Crippen molar-refractivity contribution in [3.05, 3.63) is 83.1 Å². The molecule has 26 heavy (non-hydrogen) atoms. The Bertz CT molecular complexity index is 788. The zero-order valence-electron chi connectivity index (χ0n) is 15.7. The van der Waals surface area contributed by atoms with Crippen molar-refractivity contribution in [2.45, 2.75) is 45.3 Å². The number of carbonyl (C=O) groups is 1. The molecule has 2 aromatic rings. The van der Waals surface area contributed by atoms with Crippen LogP contribution in [0, 0.1) is 5.92 Å². The Balaban J connectivity index is 1.96. The first-order chi connectivity index (χ1) is 12.4. The molecule has 0 aromatic heterocycles. The maximum atomic E-state index is 13.1. The number of aliphatic hydroxyl groups is 1. The van der Waals surface area contributed by atoms with E-state index in [0.717, 1.165) is 23.3 Å². The molecule has 0 amide bonds. The van der Waals surface area contributed by atoms with Gasteiger partial charge in [0.1, 0.15) is 0 Å². The Kier molecular flexibility index (Phi) is 5.28. The number of hydrogen-bond acceptors (Lipinski definition) is 3. The van der Waals surface area contributed by atoms with Gasteiger partial charge in [0.15, 0.2) is 5.78 Å². The van der Waals surface area contributed by atoms with Gasteiger partial charge in [-0.25, -0.2) is 0 Å². The fourth-order valence-electron chi connectivity index (χ4n) is 3.73. The summed E-state index contributed by atoms with van der Waals surface area (Å²) in [5.41, 5.74) is 2.67. The highest BCUT2D eigenvalue weighted by Gasteiger charge is 2.38. The summed E-state index contributed by atoms with van der Waals surface area (Å²) in [4.78, 5) is 13.1. The van der Waals surface area contributed by atoms with E-state index in [9.17, 15) is 9.90 Å². The molecular weight excluding hydrogens is 322 g/mol. The molecule has 0 unspecified atom stereocenters. The number of rotatable bonds is 6. The predicted molar refractivity (Wildman–Crippen MR) is 105 cm³/mol. The van der Waals surface area contributed by atoms with Gasteiger partial charge in [-0.2, -0.15) is 0 Å². The van der Waals surface area contributed by atoms with E-state index in [1.165, 1.54) is 0 Å². The summed E-state index contributed by atoms with van der Waals surface area (Å²) in [5.74, 6) is -0.0172. The monoisotopic (exact) mass is 349 g/mol. The quantitative estimate of drug-likeness (QED) is 0.746. The third-order valence-corrected chi connectivity index (χ3v) is 5.19. The van der Waals surface area contributed by atoms with Crippen LogP contribution in [0.4, 0.5) is 0 Å². The number of nitrogens with one attached hydrogen (secondary N) is 1. The van der Waals surface area contributed by atoms with Crippen LogP contribution in [-0.4, -0.2) is 16.5 Å². The summed E-state index contributed by atoms with van der Waals surface area (Å²) in [6.45, 7) is 5.73. The van der Waals surface area contributed by atoms with Gasteiger partial charge in [0.25, 0.3) is 0 Å². The van der Waals surface area contributed by atoms with Crippen molar-refractivity contribution >= 4 is 5.78 Å². The van der Waals surface area contributed by atoms with Crippen LogP contribution in [0.5, 0.6) is 0 Å². The van der Waals surface area contributed by atoms with Crippen molar-refractivity contribution < 1.29 is 9.90 Å². The second-order valence-corrected chi connectivity index (χ2v) is 7.61. The maximum Gasteiger partial charge on any atom is 0.190 e. The smallest absolute Gasteiger partial charge is 0.190 e. The summed E-state index contributed by atoms with van der Waals surface area (Å²) < 4.78 is 0. The average molecular weight is 349 g/mol. The van der Waals surface area contributed by atoms with Crippen LogP contribution < -0.4 is 5.32 Å². The number of ketones is 1. The second kappa shape index (κ2) is 7.46. The number of Topliss-reactive ketones (excluding diaryl/α,β-unsaturated/α-hetero) is 1. The standard InChI is InChI=1S/C23H27NO2/c1-16(17-10-6-4-7-11-17)24-21-19(14-15-20(21)23(2,3)26)22(25)18-12-8-5-9-13-18/h4-13,16,20,24,26H,14-15H2,1-3H3/t16-,20+/m1/s1. The van der Waals surface area contributed by atoms with Crippen molar-refractivity contribution in [1.29, 1.82) is 0 Å². The highest BCUT2D eigenvalue weighted by molar-refractivity contribution is 6.09. The summed E-state index contributed by atoms with van der Waals surface area (Å²) >= 11 is 0. The second-order valence-electron chi connectivity index (χ2n) is 7.61. The van der Waals surface area contributed by atoms with Crippen molar-refractivity contribution in [2.75, 3.05) is 0 Å². The summed E-state index contributed by atoms with van der Waals surface area (Å²) in [7, 11) is 0. The molecular formula is C23H27NO2. The molecule has 3 heteroatoms. The van der Waals surface area contributed by atoms with Gasteiger partial charge >= 0.3 is 0 Å². The topological polar surface area (TPSA) is 49.3 Å². The Labute approximate surface area is 155 Å². The summed E-state index contributed by atoms with van der Waals surface area (Å²) in [5, 5.41) is 14.2. The van der Waals surface area contributed by atoms with Gasteiger partial charge in [-0.15, -0.1) is 0 Å². The van der Waals surface area contributed by atoms with Gasteiger partial charge in [0.2, 0.25) is 0 Å². The van der Waals surface area contributed by atoms with E-state index in [4.69, 9.17) is 0 Å². The molecule has 0 spiro atoms. The van der Waals surface area contributed by atoms with Crippen LogP contribution in [-0.2, 0) is 0 Å². The molecule has 0 radical (unpaired) electrons. The van der Waals surface area contributed by atoms with Gasteiger partial charge in [-0.3, -0.25) is 4.79 Å². The zero-order valence-corrected chi connectivity index (χ0v) is 15.7. The maximum absolute atomic E-state index is 13.1. The molecule has 0 heterocycles.